The molecule has 0 amide bonds. The normalized spacial score (nSPS) is 28.3. The zero-order valence-corrected chi connectivity index (χ0v) is 20.4. The number of piperidine rings is 1. The number of imidazole rings is 1. The van der Waals surface area contributed by atoms with Gasteiger partial charge in [0.15, 0.2) is 0 Å². The molecule has 0 bridgehead atoms. The molecular formula is C26H27F6N3O3. The van der Waals surface area contributed by atoms with Crippen LogP contribution in [-0.2, 0) is 18.0 Å². The summed E-state index contributed by atoms with van der Waals surface area (Å²) >= 11 is 0. The van der Waals surface area contributed by atoms with E-state index in [1.54, 1.807) is 6.92 Å². The standard InChI is InChI=1S/C26H27F6N3O3/c1-23(36)11-18(12-23)35-14-34-21-9-19(8-20(22(21)35)26(30,31)32)38-13-17-10-24(37,6-7-33-17)15-2-4-16(5-3-15)25(27,28)29/h2-5,8-9,14,17-18,33,36-37H,6-7,10-13H2,1H3/t17-,18?,23?,24+/m0/s1. The summed E-state index contributed by atoms with van der Waals surface area (Å²) in [6.07, 6.45) is -6.82. The fraction of sp³-hybridized carbons (Fsp3) is 0.500. The van der Waals surface area contributed by atoms with Crippen LogP contribution in [0.15, 0.2) is 42.7 Å². The monoisotopic (exact) mass is 543 g/mol. The Morgan fingerprint density at radius 3 is 2.32 bits per heavy atom. The maximum absolute atomic E-state index is 14.0. The molecule has 0 spiro atoms. The Morgan fingerprint density at radius 1 is 1.03 bits per heavy atom. The number of nitrogens with one attached hydrogen (secondary N) is 1. The summed E-state index contributed by atoms with van der Waals surface area (Å²) in [4.78, 5) is 4.15. The van der Waals surface area contributed by atoms with Gasteiger partial charge in [0, 0.05) is 18.2 Å². The summed E-state index contributed by atoms with van der Waals surface area (Å²) in [5.74, 6) is -0.0406. The number of halogens is 6. The van der Waals surface area contributed by atoms with Crippen molar-refractivity contribution in [3.63, 3.8) is 0 Å². The van der Waals surface area contributed by atoms with Gasteiger partial charge in [-0.05, 0) is 62.9 Å². The highest BCUT2D eigenvalue weighted by Gasteiger charge is 2.42. The van der Waals surface area contributed by atoms with Gasteiger partial charge >= 0.3 is 12.4 Å². The van der Waals surface area contributed by atoms with Crippen LogP contribution in [0.3, 0.4) is 0 Å². The number of aromatic nitrogens is 2. The lowest BCUT2D eigenvalue weighted by Crippen LogP contribution is -2.48. The average Bonchev–Trinajstić information content (AvgIpc) is 3.23. The Labute approximate surface area is 214 Å². The Hall–Kier alpha value is -2.83. The van der Waals surface area contributed by atoms with Gasteiger partial charge in [-0.15, -0.1) is 0 Å². The molecule has 5 rings (SSSR count). The number of aliphatic hydroxyl groups is 2. The Kier molecular flexibility index (Phi) is 6.43. The summed E-state index contributed by atoms with van der Waals surface area (Å²) in [5.41, 5.74) is -3.67. The number of benzene rings is 2. The number of ether oxygens (including phenoxy) is 1. The van der Waals surface area contributed by atoms with E-state index in [4.69, 9.17) is 4.74 Å². The summed E-state index contributed by atoms with van der Waals surface area (Å²) in [6, 6.07) is 5.90. The molecule has 3 N–H and O–H groups in total. The number of alkyl halides is 6. The van der Waals surface area contributed by atoms with Crippen LogP contribution in [0, 0.1) is 0 Å². The van der Waals surface area contributed by atoms with Gasteiger partial charge in [-0.2, -0.15) is 26.3 Å². The molecule has 2 aromatic carbocycles. The molecule has 6 nitrogen and oxygen atoms in total. The van der Waals surface area contributed by atoms with Crippen LogP contribution in [0.1, 0.15) is 55.3 Å². The molecule has 1 saturated carbocycles. The molecule has 1 saturated heterocycles. The highest BCUT2D eigenvalue weighted by molar-refractivity contribution is 5.82. The summed E-state index contributed by atoms with van der Waals surface area (Å²) in [6.45, 7) is 1.91. The van der Waals surface area contributed by atoms with Crippen molar-refractivity contribution in [2.45, 2.75) is 68.2 Å². The van der Waals surface area contributed by atoms with Crippen molar-refractivity contribution in [2.75, 3.05) is 13.2 Å². The number of hydrogen-bond donors (Lipinski definition) is 3. The molecule has 2 fully saturated rings. The first-order chi connectivity index (χ1) is 17.6. The van der Waals surface area contributed by atoms with E-state index in [1.807, 2.05) is 0 Å². The molecule has 38 heavy (non-hydrogen) atoms. The van der Waals surface area contributed by atoms with Crippen LogP contribution in [0.2, 0.25) is 0 Å². The second-order valence-electron chi connectivity index (χ2n) is 10.6. The molecule has 0 unspecified atom stereocenters. The minimum absolute atomic E-state index is 0.0406. The van der Waals surface area contributed by atoms with Crippen molar-refractivity contribution in [3.05, 3.63) is 59.4 Å². The highest BCUT2D eigenvalue weighted by atomic mass is 19.4. The maximum Gasteiger partial charge on any atom is 0.418 e. The van der Waals surface area contributed by atoms with Gasteiger partial charge in [0.05, 0.1) is 39.7 Å². The Bertz CT molecular complexity index is 1310. The first-order valence-corrected chi connectivity index (χ1v) is 12.2. The predicted octanol–water partition coefficient (Wildman–Crippen LogP) is 5.18. The quantitative estimate of drug-likeness (QED) is 0.387. The summed E-state index contributed by atoms with van der Waals surface area (Å²) in [7, 11) is 0. The van der Waals surface area contributed by atoms with Gasteiger partial charge < -0.3 is 24.8 Å². The second-order valence-corrected chi connectivity index (χ2v) is 10.6. The van der Waals surface area contributed by atoms with Crippen molar-refractivity contribution in [1.82, 2.24) is 14.9 Å². The molecule has 3 aromatic rings. The summed E-state index contributed by atoms with van der Waals surface area (Å²) < 4.78 is 87.9. The first kappa shape index (κ1) is 26.8. The third kappa shape index (κ3) is 5.21. The predicted molar refractivity (Wildman–Crippen MR) is 125 cm³/mol. The topological polar surface area (TPSA) is 79.5 Å². The maximum atomic E-state index is 14.0. The average molecular weight is 544 g/mol. The third-order valence-electron chi connectivity index (χ3n) is 7.45. The second kappa shape index (κ2) is 9.13. The molecule has 1 aromatic heterocycles. The number of fused-ring (bicyclic) bond motifs is 1. The molecule has 1 aliphatic heterocycles. The lowest BCUT2D eigenvalue weighted by molar-refractivity contribution is -0.138. The SMILES string of the molecule is CC1(O)CC(n2cnc3cc(OC[C@@H]4C[C@@](O)(c5ccc(C(F)(F)F)cc5)CCN4)cc(C(F)(F)F)c32)C1. The van der Waals surface area contributed by atoms with Gasteiger partial charge in [0.1, 0.15) is 12.4 Å². The van der Waals surface area contributed by atoms with Crippen LogP contribution < -0.4 is 10.1 Å². The van der Waals surface area contributed by atoms with Gasteiger partial charge in [-0.25, -0.2) is 4.98 Å². The van der Waals surface area contributed by atoms with Crippen LogP contribution in [0.5, 0.6) is 5.75 Å². The number of nitrogens with zero attached hydrogens (tertiary/aromatic N) is 2. The van der Waals surface area contributed by atoms with Crippen molar-refractivity contribution in [2.24, 2.45) is 0 Å². The van der Waals surface area contributed by atoms with E-state index in [1.165, 1.54) is 29.1 Å². The van der Waals surface area contributed by atoms with Gasteiger partial charge in [0.2, 0.25) is 0 Å². The van der Waals surface area contributed by atoms with Crippen molar-refractivity contribution in [1.29, 1.82) is 0 Å². The molecule has 2 aliphatic rings. The van der Waals surface area contributed by atoms with Crippen LogP contribution >= 0.6 is 0 Å². The number of hydrogen-bond acceptors (Lipinski definition) is 5. The van der Waals surface area contributed by atoms with Gasteiger partial charge in [-0.1, -0.05) is 12.1 Å². The largest absolute Gasteiger partial charge is 0.492 e. The third-order valence-corrected chi connectivity index (χ3v) is 7.45. The molecule has 206 valence electrons. The Morgan fingerprint density at radius 2 is 1.71 bits per heavy atom. The highest BCUT2D eigenvalue weighted by Crippen LogP contribution is 2.45. The van der Waals surface area contributed by atoms with Gasteiger partial charge in [-0.3, -0.25) is 0 Å². The zero-order valence-electron chi connectivity index (χ0n) is 20.4. The first-order valence-electron chi connectivity index (χ1n) is 12.2. The molecule has 2 atom stereocenters. The van der Waals surface area contributed by atoms with E-state index in [0.717, 1.165) is 18.2 Å². The van der Waals surface area contributed by atoms with Crippen LogP contribution in [-0.4, -0.2) is 44.6 Å². The lowest BCUT2D eigenvalue weighted by atomic mass is 9.77. The fourth-order valence-electron chi connectivity index (χ4n) is 5.48. The lowest BCUT2D eigenvalue weighted by Gasteiger charge is -2.41. The zero-order chi connectivity index (χ0) is 27.5. The number of rotatable bonds is 5. The van der Waals surface area contributed by atoms with E-state index in [0.29, 0.717) is 24.9 Å². The van der Waals surface area contributed by atoms with Crippen LogP contribution in [0.25, 0.3) is 11.0 Å². The Balaban J connectivity index is 1.33. The van der Waals surface area contributed by atoms with Gasteiger partial charge in [0.25, 0.3) is 0 Å². The summed E-state index contributed by atoms with van der Waals surface area (Å²) in [5, 5.41) is 24.3. The van der Waals surface area contributed by atoms with E-state index in [2.05, 4.69) is 10.3 Å². The van der Waals surface area contributed by atoms with E-state index in [9.17, 15) is 36.6 Å². The van der Waals surface area contributed by atoms with Crippen molar-refractivity contribution < 1.29 is 41.3 Å². The van der Waals surface area contributed by atoms with Crippen LogP contribution in [0.4, 0.5) is 26.3 Å². The minimum Gasteiger partial charge on any atom is -0.492 e. The molecule has 0 radical (unpaired) electrons. The molecule has 1 aliphatic carbocycles. The van der Waals surface area contributed by atoms with E-state index in [-0.39, 0.29) is 42.3 Å². The fourth-order valence-corrected chi connectivity index (χ4v) is 5.48. The minimum atomic E-state index is -4.67. The van der Waals surface area contributed by atoms with E-state index >= 15 is 0 Å². The van der Waals surface area contributed by atoms with E-state index < -0.39 is 40.7 Å². The van der Waals surface area contributed by atoms with Crippen molar-refractivity contribution in [3.8, 4) is 5.75 Å². The molecular weight excluding hydrogens is 516 g/mol. The molecule has 2 heterocycles. The smallest absolute Gasteiger partial charge is 0.418 e. The molecule has 12 heteroatoms. The van der Waals surface area contributed by atoms with Crippen molar-refractivity contribution >= 4 is 11.0 Å².